The first-order valence-corrected chi connectivity index (χ1v) is 10.1. The smallest absolute Gasteiger partial charge is 0.115 e. The van der Waals surface area contributed by atoms with Gasteiger partial charge in [0, 0.05) is 0 Å². The van der Waals surface area contributed by atoms with Gasteiger partial charge in [0.05, 0.1) is 0 Å². The van der Waals surface area contributed by atoms with E-state index in [0.717, 1.165) is 12.8 Å². The van der Waals surface area contributed by atoms with Crippen LogP contribution < -0.4 is 0 Å². The zero-order valence-electron chi connectivity index (χ0n) is 16.0. The van der Waals surface area contributed by atoms with Gasteiger partial charge in [-0.15, -0.1) is 0 Å². The Morgan fingerprint density at radius 2 is 1.32 bits per heavy atom. The minimum atomic E-state index is 0.345. The highest BCUT2D eigenvalue weighted by molar-refractivity contribution is 5.30. The fourth-order valence-electron chi connectivity index (χ4n) is 3.48. The van der Waals surface area contributed by atoms with Gasteiger partial charge in [-0.2, -0.15) is 0 Å². The monoisotopic (exact) mass is 338 g/mol. The Morgan fingerprint density at radius 3 is 1.96 bits per heavy atom. The average Bonchev–Trinajstić information content (AvgIpc) is 2.64. The van der Waals surface area contributed by atoms with Crippen LogP contribution in [0.4, 0.5) is 0 Å². The van der Waals surface area contributed by atoms with Crippen LogP contribution in [0.15, 0.2) is 48.5 Å². The van der Waals surface area contributed by atoms with Gasteiger partial charge in [-0.3, -0.25) is 0 Å². The maximum Gasteiger partial charge on any atom is 0.115 e. The Labute approximate surface area is 154 Å². The van der Waals surface area contributed by atoms with E-state index in [1.165, 1.54) is 61.6 Å². The number of phenols is 1. The number of benzene rings is 2. The molecule has 1 heteroatoms. The Kier molecular flexibility index (Phi) is 8.59. The quantitative estimate of drug-likeness (QED) is 0.436. The topological polar surface area (TPSA) is 20.2 Å². The highest BCUT2D eigenvalue weighted by Gasteiger charge is 2.10. The first-order chi connectivity index (χ1) is 12.2. The zero-order chi connectivity index (χ0) is 17.9. The predicted octanol–water partition coefficient (Wildman–Crippen LogP) is 7.03. The maximum atomic E-state index is 9.46. The Morgan fingerprint density at radius 1 is 0.720 bits per heavy atom. The van der Waals surface area contributed by atoms with Crippen LogP contribution in [-0.4, -0.2) is 5.11 Å². The van der Waals surface area contributed by atoms with Gasteiger partial charge in [0.25, 0.3) is 0 Å². The van der Waals surface area contributed by atoms with Gasteiger partial charge >= 0.3 is 0 Å². The van der Waals surface area contributed by atoms with Crippen molar-refractivity contribution in [2.24, 2.45) is 0 Å². The maximum absolute atomic E-state index is 9.46. The lowest BCUT2D eigenvalue weighted by Crippen LogP contribution is -2.02. The molecule has 1 unspecified atom stereocenters. The van der Waals surface area contributed by atoms with E-state index in [1.54, 1.807) is 12.1 Å². The summed E-state index contributed by atoms with van der Waals surface area (Å²) in [6.07, 6.45) is 11.6. The molecule has 0 aliphatic heterocycles. The van der Waals surface area contributed by atoms with E-state index in [-0.39, 0.29) is 0 Å². The molecular weight excluding hydrogens is 304 g/mol. The van der Waals surface area contributed by atoms with Crippen molar-refractivity contribution in [1.82, 2.24) is 0 Å². The predicted molar refractivity (Wildman–Crippen MR) is 108 cm³/mol. The van der Waals surface area contributed by atoms with E-state index >= 15 is 0 Å². The van der Waals surface area contributed by atoms with Gasteiger partial charge in [0.15, 0.2) is 0 Å². The molecule has 0 radical (unpaired) electrons. The third kappa shape index (κ3) is 6.94. The molecule has 1 N–H and O–H groups in total. The van der Waals surface area contributed by atoms with Gasteiger partial charge in [-0.25, -0.2) is 0 Å². The first-order valence-electron chi connectivity index (χ1n) is 10.1. The number of rotatable bonds is 11. The van der Waals surface area contributed by atoms with Crippen molar-refractivity contribution in [3.8, 4) is 5.75 Å². The largest absolute Gasteiger partial charge is 0.508 e. The van der Waals surface area contributed by atoms with E-state index in [4.69, 9.17) is 0 Å². The van der Waals surface area contributed by atoms with Crippen molar-refractivity contribution in [2.45, 2.75) is 77.6 Å². The molecule has 136 valence electrons. The van der Waals surface area contributed by atoms with Crippen molar-refractivity contribution < 1.29 is 5.11 Å². The Bertz CT molecular complexity index is 582. The van der Waals surface area contributed by atoms with E-state index < -0.39 is 0 Å². The zero-order valence-corrected chi connectivity index (χ0v) is 16.0. The molecule has 0 fully saturated rings. The molecule has 25 heavy (non-hydrogen) atoms. The molecule has 0 amide bonds. The summed E-state index contributed by atoms with van der Waals surface area (Å²) in [5.74, 6) is 0.864. The minimum Gasteiger partial charge on any atom is -0.508 e. The van der Waals surface area contributed by atoms with Crippen LogP contribution in [0, 0.1) is 0 Å². The number of hydrogen-bond acceptors (Lipinski definition) is 1. The summed E-state index contributed by atoms with van der Waals surface area (Å²) in [5.41, 5.74) is 4.19. The molecule has 0 aliphatic carbocycles. The molecule has 0 saturated heterocycles. The van der Waals surface area contributed by atoms with Gasteiger partial charge < -0.3 is 5.11 Å². The number of unbranched alkanes of at least 4 members (excludes halogenated alkanes) is 5. The second kappa shape index (κ2) is 11.0. The molecule has 0 bridgehead atoms. The molecule has 2 aromatic carbocycles. The van der Waals surface area contributed by atoms with Crippen molar-refractivity contribution in [3.05, 3.63) is 65.2 Å². The summed E-state index contributed by atoms with van der Waals surface area (Å²) in [7, 11) is 0. The average molecular weight is 339 g/mol. The van der Waals surface area contributed by atoms with Crippen LogP contribution in [0.1, 0.15) is 81.4 Å². The van der Waals surface area contributed by atoms with Gasteiger partial charge in [0.2, 0.25) is 0 Å². The lowest BCUT2D eigenvalue weighted by atomic mass is 9.89. The molecular formula is C24H34O. The van der Waals surface area contributed by atoms with Gasteiger partial charge in [-0.1, -0.05) is 82.3 Å². The first kappa shape index (κ1) is 19.6. The fourth-order valence-corrected chi connectivity index (χ4v) is 3.48. The highest BCUT2D eigenvalue weighted by Crippen LogP contribution is 2.26. The Hall–Kier alpha value is -1.76. The van der Waals surface area contributed by atoms with Crippen molar-refractivity contribution in [2.75, 3.05) is 0 Å². The number of aryl methyl sites for hydroxylation is 1. The van der Waals surface area contributed by atoms with E-state index in [0.29, 0.717) is 11.7 Å². The molecule has 1 atom stereocenters. The SMILES string of the molecule is CCCCCCCCc1ccc(CC(CC)c2ccc(O)cc2)cc1. The number of aromatic hydroxyl groups is 1. The van der Waals surface area contributed by atoms with Crippen LogP contribution in [0.25, 0.3) is 0 Å². The third-order valence-electron chi connectivity index (χ3n) is 5.18. The summed E-state index contributed by atoms with van der Waals surface area (Å²) in [4.78, 5) is 0. The molecule has 0 spiro atoms. The number of hydrogen-bond donors (Lipinski definition) is 1. The van der Waals surface area contributed by atoms with E-state index in [1.807, 2.05) is 0 Å². The van der Waals surface area contributed by atoms with Crippen LogP contribution in [0.3, 0.4) is 0 Å². The van der Waals surface area contributed by atoms with Crippen LogP contribution in [0.2, 0.25) is 0 Å². The van der Waals surface area contributed by atoms with E-state index in [9.17, 15) is 5.11 Å². The van der Waals surface area contributed by atoms with Crippen molar-refractivity contribution in [3.63, 3.8) is 0 Å². The summed E-state index contributed by atoms with van der Waals surface area (Å²) in [6, 6.07) is 16.9. The number of phenolic OH excluding ortho intramolecular Hbond substituents is 1. The molecule has 1 nitrogen and oxygen atoms in total. The van der Waals surface area contributed by atoms with Crippen LogP contribution in [0.5, 0.6) is 5.75 Å². The van der Waals surface area contributed by atoms with Gasteiger partial charge in [-0.05, 0) is 60.4 Å². The molecule has 0 saturated carbocycles. The fraction of sp³-hybridized carbons (Fsp3) is 0.500. The molecule has 0 aromatic heterocycles. The van der Waals surface area contributed by atoms with Crippen LogP contribution >= 0.6 is 0 Å². The highest BCUT2D eigenvalue weighted by atomic mass is 16.3. The summed E-state index contributed by atoms with van der Waals surface area (Å²) >= 11 is 0. The summed E-state index contributed by atoms with van der Waals surface area (Å²) in [5, 5.41) is 9.46. The molecule has 0 heterocycles. The standard InChI is InChI=1S/C24H34O/c1-3-5-6-7-8-9-10-20-11-13-21(14-12-20)19-22(4-2)23-15-17-24(25)18-16-23/h11-18,22,25H,3-10,19H2,1-2H3. The second-order valence-electron chi connectivity index (χ2n) is 7.24. The minimum absolute atomic E-state index is 0.345. The Balaban J connectivity index is 1.81. The molecule has 2 rings (SSSR count). The van der Waals surface area contributed by atoms with Crippen LogP contribution in [-0.2, 0) is 12.8 Å². The van der Waals surface area contributed by atoms with Gasteiger partial charge in [0.1, 0.15) is 5.75 Å². The van der Waals surface area contributed by atoms with E-state index in [2.05, 4.69) is 50.2 Å². The lowest BCUT2D eigenvalue weighted by molar-refractivity contribution is 0.474. The third-order valence-corrected chi connectivity index (χ3v) is 5.18. The molecule has 2 aromatic rings. The van der Waals surface area contributed by atoms with Crippen molar-refractivity contribution in [1.29, 1.82) is 0 Å². The second-order valence-corrected chi connectivity index (χ2v) is 7.24. The lowest BCUT2D eigenvalue weighted by Gasteiger charge is -2.16. The van der Waals surface area contributed by atoms with Crippen molar-refractivity contribution >= 4 is 0 Å². The normalized spacial score (nSPS) is 12.2. The molecule has 0 aliphatic rings. The summed E-state index contributed by atoms with van der Waals surface area (Å²) < 4.78 is 0. The summed E-state index contributed by atoms with van der Waals surface area (Å²) in [6.45, 7) is 4.51.